The topological polar surface area (TPSA) is 88.5 Å². The van der Waals surface area contributed by atoms with Gasteiger partial charge in [0.05, 0.1) is 6.61 Å². The predicted molar refractivity (Wildman–Crippen MR) is 89.2 cm³/mol. The van der Waals surface area contributed by atoms with Crippen LogP contribution >= 0.6 is 0 Å². The highest BCUT2D eigenvalue weighted by Gasteiger charge is 2.20. The van der Waals surface area contributed by atoms with Crippen LogP contribution in [0.15, 0.2) is 24.4 Å². The zero-order valence-electron chi connectivity index (χ0n) is 14.1. The van der Waals surface area contributed by atoms with Crippen molar-refractivity contribution in [2.45, 2.75) is 26.3 Å². The summed E-state index contributed by atoms with van der Waals surface area (Å²) in [6, 6.07) is 2.99. The highest BCUT2D eigenvalue weighted by atomic mass is 19.1. The molecule has 0 aliphatic carbocycles. The summed E-state index contributed by atoms with van der Waals surface area (Å²) in [5, 5.41) is 12.7. The molecule has 0 radical (unpaired) electrons. The lowest BCUT2D eigenvalue weighted by Gasteiger charge is -2.13. The van der Waals surface area contributed by atoms with Gasteiger partial charge in [-0.05, 0) is 12.5 Å². The summed E-state index contributed by atoms with van der Waals surface area (Å²) in [5.74, 6) is -2.95. The molecule has 0 saturated carbocycles. The van der Waals surface area contributed by atoms with E-state index in [1.54, 1.807) is 0 Å². The van der Waals surface area contributed by atoms with E-state index in [0.717, 1.165) is 18.7 Å². The van der Waals surface area contributed by atoms with Gasteiger partial charge in [0.15, 0.2) is 17.8 Å². The molecule has 6 nitrogen and oxygen atoms in total. The van der Waals surface area contributed by atoms with Crippen LogP contribution in [0.25, 0.3) is 0 Å². The number of nitrogens with one attached hydrogen (secondary N) is 1. The fourth-order valence-electron chi connectivity index (χ4n) is 2.14. The number of carbonyl (C=O) groups is 2. The number of benzene rings is 1. The third-order valence-corrected chi connectivity index (χ3v) is 3.59. The molecule has 0 fully saturated rings. The molecule has 0 unspecified atom stereocenters. The van der Waals surface area contributed by atoms with E-state index >= 15 is 0 Å². The van der Waals surface area contributed by atoms with Crippen LogP contribution in [0.4, 0.5) is 8.78 Å². The number of nitrogens with zero attached hydrogens (tertiary/aromatic N) is 1. The number of aromatic hydroxyl groups is 1. The second-order valence-corrected chi connectivity index (χ2v) is 5.47. The van der Waals surface area contributed by atoms with Crippen molar-refractivity contribution in [1.29, 1.82) is 0 Å². The Morgan fingerprint density at radius 3 is 2.81 bits per heavy atom. The Morgan fingerprint density at radius 2 is 2.15 bits per heavy atom. The molecule has 1 aromatic heterocycles. The van der Waals surface area contributed by atoms with Gasteiger partial charge in [-0.3, -0.25) is 9.59 Å². The Kier molecular flexibility index (Phi) is 6.60. The van der Waals surface area contributed by atoms with Gasteiger partial charge < -0.3 is 15.2 Å². The second kappa shape index (κ2) is 8.89. The first kappa shape index (κ1) is 19.3. The minimum Gasteiger partial charge on any atom is -0.504 e. The molecule has 0 spiro atoms. The number of rotatable bonds is 8. The SMILES string of the molecule is CCCCOc1c(C=O)ncc(C(=O)NCc2ccc(F)cc2F)c1O. The fraction of sp³-hybridized carbons (Fsp3) is 0.278. The molecule has 138 valence electrons. The quantitative estimate of drug-likeness (QED) is 0.555. The Hall–Kier alpha value is -3.03. The van der Waals surface area contributed by atoms with Gasteiger partial charge in [0.25, 0.3) is 5.91 Å². The maximum absolute atomic E-state index is 13.6. The summed E-state index contributed by atoms with van der Waals surface area (Å²) in [6.07, 6.45) is 2.98. The molecule has 1 amide bonds. The van der Waals surface area contributed by atoms with Crippen LogP contribution < -0.4 is 10.1 Å². The summed E-state index contributed by atoms with van der Waals surface area (Å²) in [7, 11) is 0. The van der Waals surface area contributed by atoms with Crippen molar-refractivity contribution in [3.05, 3.63) is 52.9 Å². The van der Waals surface area contributed by atoms with E-state index in [-0.39, 0.29) is 35.7 Å². The van der Waals surface area contributed by atoms with Crippen molar-refractivity contribution in [2.75, 3.05) is 6.61 Å². The van der Waals surface area contributed by atoms with Crippen molar-refractivity contribution in [2.24, 2.45) is 0 Å². The highest BCUT2D eigenvalue weighted by Crippen LogP contribution is 2.32. The van der Waals surface area contributed by atoms with Gasteiger partial charge in [-0.25, -0.2) is 13.8 Å². The number of aromatic nitrogens is 1. The van der Waals surface area contributed by atoms with Crippen LogP contribution in [0, 0.1) is 11.6 Å². The number of aldehydes is 1. The predicted octanol–water partition coefficient (Wildman–Crippen LogP) is 2.99. The van der Waals surface area contributed by atoms with Crippen LogP contribution in [-0.4, -0.2) is 28.9 Å². The molecule has 0 saturated heterocycles. The number of amides is 1. The maximum Gasteiger partial charge on any atom is 0.257 e. The molecule has 1 aromatic carbocycles. The van der Waals surface area contributed by atoms with Crippen molar-refractivity contribution >= 4 is 12.2 Å². The first-order valence-electron chi connectivity index (χ1n) is 8.00. The minimum atomic E-state index is -0.799. The average molecular weight is 364 g/mol. The number of hydrogen-bond acceptors (Lipinski definition) is 5. The lowest BCUT2D eigenvalue weighted by Crippen LogP contribution is -2.24. The van der Waals surface area contributed by atoms with E-state index in [0.29, 0.717) is 18.8 Å². The van der Waals surface area contributed by atoms with Crippen LogP contribution in [0.2, 0.25) is 0 Å². The summed E-state index contributed by atoms with van der Waals surface area (Å²) in [4.78, 5) is 27.1. The molecule has 0 aliphatic heterocycles. The van der Waals surface area contributed by atoms with E-state index < -0.39 is 23.3 Å². The fourth-order valence-corrected chi connectivity index (χ4v) is 2.14. The van der Waals surface area contributed by atoms with E-state index in [2.05, 4.69) is 10.3 Å². The molecule has 0 aliphatic rings. The number of carbonyl (C=O) groups excluding carboxylic acids is 2. The van der Waals surface area contributed by atoms with E-state index in [1.807, 2.05) is 6.92 Å². The summed E-state index contributed by atoms with van der Waals surface area (Å²) >= 11 is 0. The molecular formula is C18H18F2N2O4. The molecule has 1 heterocycles. The lowest BCUT2D eigenvalue weighted by molar-refractivity contribution is 0.0945. The molecule has 0 bridgehead atoms. The van der Waals surface area contributed by atoms with Crippen molar-refractivity contribution in [3.63, 3.8) is 0 Å². The third-order valence-electron chi connectivity index (χ3n) is 3.59. The number of hydrogen-bond donors (Lipinski definition) is 2. The molecule has 26 heavy (non-hydrogen) atoms. The Morgan fingerprint density at radius 1 is 1.38 bits per heavy atom. The third kappa shape index (κ3) is 4.53. The molecule has 2 aromatic rings. The van der Waals surface area contributed by atoms with E-state index in [4.69, 9.17) is 4.74 Å². The summed E-state index contributed by atoms with van der Waals surface area (Å²) in [5.41, 5.74) is -0.263. The van der Waals surface area contributed by atoms with E-state index in [1.165, 1.54) is 6.07 Å². The van der Waals surface area contributed by atoms with Crippen LogP contribution in [0.3, 0.4) is 0 Å². The number of unbranched alkanes of at least 4 members (excludes halogenated alkanes) is 1. The maximum atomic E-state index is 13.6. The first-order valence-corrected chi connectivity index (χ1v) is 8.00. The highest BCUT2D eigenvalue weighted by molar-refractivity contribution is 5.98. The Bertz CT molecular complexity index is 812. The van der Waals surface area contributed by atoms with Crippen LogP contribution in [-0.2, 0) is 6.54 Å². The molecule has 0 atom stereocenters. The first-order chi connectivity index (χ1) is 12.5. The molecule has 2 N–H and O–H groups in total. The van der Waals surface area contributed by atoms with Gasteiger partial charge in [0.1, 0.15) is 22.9 Å². The summed E-state index contributed by atoms with van der Waals surface area (Å²) < 4.78 is 31.9. The standard InChI is InChI=1S/C18H18F2N2O4/c1-2-3-6-26-17-15(10-23)21-9-13(16(17)24)18(25)22-8-11-4-5-12(19)7-14(11)20/h4-5,7,9-10H,2-3,6,8H2,1H3,(H,21,24)(H,22,25). The number of ether oxygens (including phenoxy) is 1. The van der Waals surface area contributed by atoms with Gasteiger partial charge in [0, 0.05) is 24.4 Å². The van der Waals surface area contributed by atoms with Crippen molar-refractivity contribution in [3.8, 4) is 11.5 Å². The Balaban J connectivity index is 2.17. The summed E-state index contributed by atoms with van der Waals surface area (Å²) in [6.45, 7) is 1.98. The van der Waals surface area contributed by atoms with Crippen LogP contribution in [0.1, 0.15) is 46.2 Å². The monoisotopic (exact) mass is 364 g/mol. The molecule has 2 rings (SSSR count). The number of pyridine rings is 1. The van der Waals surface area contributed by atoms with Gasteiger partial charge in [-0.2, -0.15) is 0 Å². The molecular weight excluding hydrogens is 346 g/mol. The largest absolute Gasteiger partial charge is 0.504 e. The van der Waals surface area contributed by atoms with Gasteiger partial charge in [-0.15, -0.1) is 0 Å². The number of halogens is 2. The van der Waals surface area contributed by atoms with Crippen molar-refractivity contribution < 1.29 is 28.2 Å². The zero-order valence-corrected chi connectivity index (χ0v) is 14.1. The Labute approximate surface area is 148 Å². The van der Waals surface area contributed by atoms with Gasteiger partial charge in [-0.1, -0.05) is 19.4 Å². The van der Waals surface area contributed by atoms with E-state index in [9.17, 15) is 23.5 Å². The second-order valence-electron chi connectivity index (χ2n) is 5.47. The van der Waals surface area contributed by atoms with Gasteiger partial charge in [0.2, 0.25) is 0 Å². The average Bonchev–Trinajstić information content (AvgIpc) is 2.62. The molecule has 8 heteroatoms. The minimum absolute atomic E-state index is 0.0797. The lowest BCUT2D eigenvalue weighted by atomic mass is 10.1. The van der Waals surface area contributed by atoms with Gasteiger partial charge >= 0.3 is 0 Å². The van der Waals surface area contributed by atoms with Crippen molar-refractivity contribution in [1.82, 2.24) is 10.3 Å². The smallest absolute Gasteiger partial charge is 0.257 e. The van der Waals surface area contributed by atoms with Crippen LogP contribution in [0.5, 0.6) is 11.5 Å². The normalized spacial score (nSPS) is 10.4. The zero-order chi connectivity index (χ0) is 19.1.